The number of nitrogens with zero attached hydrogens (tertiary/aromatic N) is 1. The van der Waals surface area contributed by atoms with E-state index in [0.717, 1.165) is 18.2 Å². The first-order valence-corrected chi connectivity index (χ1v) is 4.84. The fourth-order valence-electron chi connectivity index (χ4n) is 1.59. The van der Waals surface area contributed by atoms with E-state index in [1.54, 1.807) is 18.5 Å². The van der Waals surface area contributed by atoms with Gasteiger partial charge in [0.15, 0.2) is 0 Å². The number of aromatic amines is 3. The highest BCUT2D eigenvalue weighted by Gasteiger charge is 2.14. The Morgan fingerprint density at radius 2 is 2.20 bits per heavy atom. The van der Waals surface area contributed by atoms with Crippen molar-refractivity contribution in [2.75, 3.05) is 0 Å². The number of hydrogen-bond acceptors (Lipinski definition) is 2. The molecule has 2 aromatic rings. The summed E-state index contributed by atoms with van der Waals surface area (Å²) in [6, 6.07) is 0. The molecule has 5 nitrogen and oxygen atoms in total. The molecule has 0 atom stereocenters. The van der Waals surface area contributed by atoms with Gasteiger partial charge < -0.3 is 4.98 Å². The molecule has 0 aromatic carbocycles. The summed E-state index contributed by atoms with van der Waals surface area (Å²) in [4.78, 5) is 18.5. The molecule has 0 spiro atoms. The summed E-state index contributed by atoms with van der Waals surface area (Å²) in [5, 5.41) is 7.09. The topological polar surface area (TPSA) is 77.3 Å². The van der Waals surface area contributed by atoms with E-state index in [2.05, 4.69) is 20.2 Å². The van der Waals surface area contributed by atoms with Gasteiger partial charge in [-0.2, -0.15) is 0 Å². The number of rotatable bonds is 1. The van der Waals surface area contributed by atoms with Crippen LogP contribution in [-0.2, 0) is 0 Å². The second-order valence-corrected chi connectivity index (χ2v) is 3.59. The second kappa shape index (κ2) is 2.98. The van der Waals surface area contributed by atoms with Crippen molar-refractivity contribution in [3.63, 3.8) is 0 Å². The molecule has 3 rings (SSSR count). The van der Waals surface area contributed by atoms with Gasteiger partial charge in [0.25, 0.3) is 5.56 Å². The minimum atomic E-state index is -0.0965. The van der Waals surface area contributed by atoms with Crippen LogP contribution in [-0.4, -0.2) is 20.2 Å². The number of H-pyrrole nitrogens is 3. The Morgan fingerprint density at radius 3 is 2.87 bits per heavy atom. The monoisotopic (exact) mass is 202 g/mol. The molecule has 2 aromatic heterocycles. The van der Waals surface area contributed by atoms with Crippen molar-refractivity contribution in [3.8, 4) is 0 Å². The number of nitrogens with one attached hydrogen (secondary N) is 3. The summed E-state index contributed by atoms with van der Waals surface area (Å²) in [7, 11) is 0. The third-order valence-corrected chi connectivity index (χ3v) is 2.47. The zero-order chi connectivity index (χ0) is 10.3. The molecule has 0 amide bonds. The van der Waals surface area contributed by atoms with Gasteiger partial charge in [0, 0.05) is 12.4 Å². The van der Waals surface area contributed by atoms with Gasteiger partial charge in [-0.15, -0.1) is 0 Å². The van der Waals surface area contributed by atoms with E-state index >= 15 is 0 Å². The normalized spacial score (nSPS) is 16.0. The number of hydrogen-bond donors (Lipinski definition) is 3. The molecule has 1 fully saturated rings. The SMILES string of the molecule is O=c1[nH][nH]c(=C2CC2)c1=Cc1ncc[nH]1. The van der Waals surface area contributed by atoms with Crippen molar-refractivity contribution < 1.29 is 0 Å². The Hall–Kier alpha value is -2.04. The van der Waals surface area contributed by atoms with Crippen molar-refractivity contribution in [3.05, 3.63) is 39.1 Å². The van der Waals surface area contributed by atoms with E-state index in [1.807, 2.05) is 0 Å². The Labute approximate surface area is 84.6 Å². The highest BCUT2D eigenvalue weighted by Crippen LogP contribution is 2.26. The second-order valence-electron chi connectivity index (χ2n) is 3.59. The summed E-state index contributed by atoms with van der Waals surface area (Å²) in [6.45, 7) is 0. The van der Waals surface area contributed by atoms with Crippen LogP contribution in [0, 0.1) is 0 Å². The van der Waals surface area contributed by atoms with Crippen LogP contribution >= 0.6 is 0 Å². The van der Waals surface area contributed by atoms with Gasteiger partial charge in [-0.25, -0.2) is 4.98 Å². The van der Waals surface area contributed by atoms with Gasteiger partial charge in [0.1, 0.15) is 5.82 Å². The van der Waals surface area contributed by atoms with Gasteiger partial charge in [0.05, 0.1) is 10.6 Å². The lowest BCUT2D eigenvalue weighted by molar-refractivity contribution is 1.03. The molecule has 1 saturated carbocycles. The van der Waals surface area contributed by atoms with Crippen molar-refractivity contribution in [1.82, 2.24) is 20.2 Å². The van der Waals surface area contributed by atoms with Crippen LogP contribution in [0.2, 0.25) is 0 Å². The zero-order valence-electron chi connectivity index (χ0n) is 8.00. The molecule has 5 heteroatoms. The molecule has 0 aliphatic heterocycles. The standard InChI is InChI=1S/C10H10N4O/c15-10-7(5-8-11-3-4-12-8)9(13-14-10)6-1-2-6/h3-5,13H,1-2H2,(H,11,12)(H,14,15). The van der Waals surface area contributed by atoms with E-state index in [-0.39, 0.29) is 5.56 Å². The maximum Gasteiger partial charge on any atom is 0.271 e. The summed E-state index contributed by atoms with van der Waals surface area (Å²) >= 11 is 0. The van der Waals surface area contributed by atoms with Crippen LogP contribution < -0.4 is 16.1 Å². The average molecular weight is 202 g/mol. The molecule has 1 aliphatic rings. The molecule has 1 aliphatic carbocycles. The summed E-state index contributed by atoms with van der Waals surface area (Å²) < 4.78 is 0. The Bertz CT molecular complexity index is 638. The fourth-order valence-corrected chi connectivity index (χ4v) is 1.59. The molecule has 0 saturated heterocycles. The molecular formula is C10H10N4O. The highest BCUT2D eigenvalue weighted by atomic mass is 16.1. The molecule has 2 heterocycles. The van der Waals surface area contributed by atoms with Crippen LogP contribution in [0.3, 0.4) is 0 Å². The largest absolute Gasteiger partial charge is 0.345 e. The minimum Gasteiger partial charge on any atom is -0.345 e. The van der Waals surface area contributed by atoms with Crippen molar-refractivity contribution >= 4 is 11.6 Å². The maximum absolute atomic E-state index is 11.5. The third-order valence-electron chi connectivity index (χ3n) is 2.47. The lowest BCUT2D eigenvalue weighted by Crippen LogP contribution is -2.33. The molecule has 76 valence electrons. The van der Waals surface area contributed by atoms with Crippen LogP contribution in [0.1, 0.15) is 18.7 Å². The van der Waals surface area contributed by atoms with E-state index in [0.29, 0.717) is 11.0 Å². The Balaban J connectivity index is 2.33. The van der Waals surface area contributed by atoms with E-state index in [1.165, 1.54) is 5.57 Å². The van der Waals surface area contributed by atoms with Crippen molar-refractivity contribution in [2.45, 2.75) is 12.8 Å². The minimum absolute atomic E-state index is 0.0965. The van der Waals surface area contributed by atoms with E-state index < -0.39 is 0 Å². The molecule has 0 bridgehead atoms. The zero-order valence-corrected chi connectivity index (χ0v) is 8.00. The average Bonchev–Trinajstić information content (AvgIpc) is 2.82. The smallest absolute Gasteiger partial charge is 0.271 e. The van der Waals surface area contributed by atoms with Gasteiger partial charge in [-0.05, 0) is 24.5 Å². The predicted molar refractivity (Wildman–Crippen MR) is 55.5 cm³/mol. The van der Waals surface area contributed by atoms with Gasteiger partial charge >= 0.3 is 0 Å². The lowest BCUT2D eigenvalue weighted by Gasteiger charge is -1.80. The molecule has 15 heavy (non-hydrogen) atoms. The highest BCUT2D eigenvalue weighted by molar-refractivity contribution is 5.57. The van der Waals surface area contributed by atoms with Crippen molar-refractivity contribution in [1.29, 1.82) is 0 Å². The Kier molecular flexibility index (Phi) is 1.65. The first kappa shape index (κ1) is 8.28. The quantitative estimate of drug-likeness (QED) is 0.566. The van der Waals surface area contributed by atoms with Gasteiger partial charge in [-0.1, -0.05) is 0 Å². The number of aromatic nitrogens is 4. The molecule has 0 unspecified atom stereocenters. The first-order valence-electron chi connectivity index (χ1n) is 4.84. The van der Waals surface area contributed by atoms with Gasteiger partial charge in [-0.3, -0.25) is 15.0 Å². The summed E-state index contributed by atoms with van der Waals surface area (Å²) in [6.07, 6.45) is 7.31. The summed E-state index contributed by atoms with van der Waals surface area (Å²) in [5.41, 5.74) is 1.20. The van der Waals surface area contributed by atoms with E-state index in [4.69, 9.17) is 0 Å². The first-order chi connectivity index (χ1) is 7.34. The van der Waals surface area contributed by atoms with Crippen molar-refractivity contribution in [2.24, 2.45) is 0 Å². The summed E-state index contributed by atoms with van der Waals surface area (Å²) in [5.74, 6) is 0.697. The molecule has 3 N–H and O–H groups in total. The number of imidazole rings is 1. The Morgan fingerprint density at radius 1 is 1.33 bits per heavy atom. The predicted octanol–water partition coefficient (Wildman–Crippen LogP) is -0.801. The molecule has 0 radical (unpaired) electrons. The molecular weight excluding hydrogens is 192 g/mol. The van der Waals surface area contributed by atoms with Crippen LogP contribution in [0.25, 0.3) is 11.6 Å². The fraction of sp³-hybridized carbons (Fsp3) is 0.200. The van der Waals surface area contributed by atoms with Gasteiger partial charge in [0.2, 0.25) is 0 Å². The lowest BCUT2D eigenvalue weighted by atomic mass is 10.3. The third kappa shape index (κ3) is 1.41. The van der Waals surface area contributed by atoms with Crippen LogP contribution in [0.4, 0.5) is 0 Å². The van der Waals surface area contributed by atoms with Crippen LogP contribution in [0.5, 0.6) is 0 Å². The van der Waals surface area contributed by atoms with E-state index in [9.17, 15) is 4.79 Å². The van der Waals surface area contributed by atoms with Crippen LogP contribution in [0.15, 0.2) is 17.2 Å². The maximum atomic E-state index is 11.5.